The van der Waals surface area contributed by atoms with Crippen LogP contribution < -0.4 is 14.8 Å². The standard InChI is InChI=1S/C30H42FO2P/c1-19-17-25(31)27(21(3)29(19)32-5)28-22(4)30(33-6)20(2)18-26(28)34(23-13-9-7-10-14-23)24-15-11-8-12-16-24/h17-18,23-24H,7-16H2,1-6H3. The van der Waals surface area contributed by atoms with Crippen molar-refractivity contribution < 1.29 is 13.9 Å². The molecule has 2 saturated carbocycles. The molecule has 4 rings (SSSR count). The van der Waals surface area contributed by atoms with Crippen molar-refractivity contribution in [2.24, 2.45) is 0 Å². The van der Waals surface area contributed by atoms with Crippen LogP contribution in [0.15, 0.2) is 12.1 Å². The predicted octanol–water partition coefficient (Wildman–Crippen LogP) is 8.52. The number of halogens is 1. The zero-order valence-corrected chi connectivity index (χ0v) is 22.9. The van der Waals surface area contributed by atoms with Gasteiger partial charge in [-0.05, 0) is 104 Å². The molecule has 0 radical (unpaired) electrons. The van der Waals surface area contributed by atoms with Crippen LogP contribution in [0, 0.1) is 33.5 Å². The molecule has 0 N–H and O–H groups in total. The van der Waals surface area contributed by atoms with E-state index in [-0.39, 0.29) is 5.82 Å². The Balaban J connectivity index is 2.01. The van der Waals surface area contributed by atoms with E-state index in [9.17, 15) is 0 Å². The molecule has 2 fully saturated rings. The lowest BCUT2D eigenvalue weighted by molar-refractivity contribution is 0.407. The molecule has 0 bridgehead atoms. The van der Waals surface area contributed by atoms with Crippen LogP contribution in [-0.4, -0.2) is 25.5 Å². The van der Waals surface area contributed by atoms with Crippen LogP contribution in [-0.2, 0) is 0 Å². The maximum Gasteiger partial charge on any atom is 0.131 e. The monoisotopic (exact) mass is 484 g/mol. The van der Waals surface area contributed by atoms with Crippen LogP contribution in [0.5, 0.6) is 11.5 Å². The number of aryl methyl sites for hydroxylation is 2. The number of methoxy groups -OCH3 is 2. The highest BCUT2D eigenvalue weighted by Crippen LogP contribution is 2.57. The summed E-state index contributed by atoms with van der Waals surface area (Å²) in [5.41, 5.74) is 7.28. The Morgan fingerprint density at radius 3 is 1.59 bits per heavy atom. The number of hydrogen-bond acceptors (Lipinski definition) is 2. The summed E-state index contributed by atoms with van der Waals surface area (Å²) in [5, 5.41) is 1.41. The SMILES string of the molecule is COc1c(C)cc(F)c(-c2c(P(C3CCCCC3)C3CCCCC3)cc(C)c(OC)c2C)c1C. The Hall–Kier alpha value is -1.60. The first-order chi connectivity index (χ1) is 16.4. The van der Waals surface area contributed by atoms with Crippen molar-refractivity contribution >= 4 is 13.2 Å². The van der Waals surface area contributed by atoms with Crippen LogP contribution in [0.25, 0.3) is 11.1 Å². The number of ether oxygens (including phenoxy) is 2. The van der Waals surface area contributed by atoms with Gasteiger partial charge in [0.25, 0.3) is 0 Å². The molecule has 2 aromatic carbocycles. The van der Waals surface area contributed by atoms with E-state index in [1.807, 2.05) is 13.8 Å². The lowest BCUT2D eigenvalue weighted by atomic mass is 9.92. The molecule has 2 aromatic rings. The average molecular weight is 485 g/mol. The van der Waals surface area contributed by atoms with E-state index < -0.39 is 7.92 Å². The highest BCUT2D eigenvalue weighted by atomic mass is 31.1. The highest BCUT2D eigenvalue weighted by molar-refractivity contribution is 7.67. The van der Waals surface area contributed by atoms with Crippen molar-refractivity contribution in [3.8, 4) is 22.6 Å². The molecule has 0 saturated heterocycles. The minimum absolute atomic E-state index is 0.145. The lowest BCUT2D eigenvalue weighted by Gasteiger charge is -2.40. The van der Waals surface area contributed by atoms with Gasteiger partial charge in [0.2, 0.25) is 0 Å². The zero-order valence-electron chi connectivity index (χ0n) is 22.0. The minimum Gasteiger partial charge on any atom is -0.496 e. The van der Waals surface area contributed by atoms with Crippen LogP contribution >= 0.6 is 7.92 Å². The summed E-state index contributed by atoms with van der Waals surface area (Å²) in [6.07, 6.45) is 13.4. The second-order valence-electron chi connectivity index (χ2n) is 10.4. The van der Waals surface area contributed by atoms with Gasteiger partial charge in [0, 0.05) is 11.1 Å². The minimum atomic E-state index is -0.396. The van der Waals surface area contributed by atoms with Crippen molar-refractivity contribution in [3.63, 3.8) is 0 Å². The van der Waals surface area contributed by atoms with E-state index in [1.165, 1.54) is 75.1 Å². The van der Waals surface area contributed by atoms with Crippen molar-refractivity contribution in [2.75, 3.05) is 14.2 Å². The van der Waals surface area contributed by atoms with Gasteiger partial charge in [-0.15, -0.1) is 0 Å². The summed E-state index contributed by atoms with van der Waals surface area (Å²) in [6, 6.07) is 4.03. The quantitative estimate of drug-likeness (QED) is 0.383. The number of benzene rings is 2. The van der Waals surface area contributed by atoms with E-state index >= 15 is 4.39 Å². The molecule has 0 aromatic heterocycles. The first-order valence-electron chi connectivity index (χ1n) is 13.2. The topological polar surface area (TPSA) is 18.5 Å². The fraction of sp³-hybridized carbons (Fsp3) is 0.600. The highest BCUT2D eigenvalue weighted by Gasteiger charge is 2.36. The summed E-state index contributed by atoms with van der Waals surface area (Å²) < 4.78 is 27.5. The van der Waals surface area contributed by atoms with Gasteiger partial charge in [-0.3, -0.25) is 0 Å². The van der Waals surface area contributed by atoms with Gasteiger partial charge in [0.05, 0.1) is 14.2 Å². The van der Waals surface area contributed by atoms with Crippen molar-refractivity contribution in [3.05, 3.63) is 40.2 Å². The molecule has 186 valence electrons. The van der Waals surface area contributed by atoms with Crippen LogP contribution in [0.1, 0.15) is 86.5 Å². The summed E-state index contributed by atoms with van der Waals surface area (Å²) in [5.74, 6) is 1.54. The molecular formula is C30H42FO2P. The average Bonchev–Trinajstić information content (AvgIpc) is 2.82. The van der Waals surface area contributed by atoms with Crippen LogP contribution in [0.4, 0.5) is 4.39 Å². The van der Waals surface area contributed by atoms with Crippen molar-refractivity contribution in [2.45, 2.75) is 103 Å². The van der Waals surface area contributed by atoms with Crippen LogP contribution in [0.3, 0.4) is 0 Å². The maximum atomic E-state index is 15.9. The normalized spacial score (nSPS) is 17.9. The number of rotatable bonds is 6. The van der Waals surface area contributed by atoms with Gasteiger partial charge in [-0.2, -0.15) is 0 Å². The Kier molecular flexibility index (Phi) is 8.24. The van der Waals surface area contributed by atoms with Gasteiger partial charge in [0.15, 0.2) is 0 Å². The van der Waals surface area contributed by atoms with Crippen molar-refractivity contribution in [1.82, 2.24) is 0 Å². The van der Waals surface area contributed by atoms with E-state index in [2.05, 4.69) is 19.9 Å². The number of hydrogen-bond donors (Lipinski definition) is 0. The molecule has 2 aliphatic rings. The fourth-order valence-electron chi connectivity index (χ4n) is 6.72. The van der Waals surface area contributed by atoms with Gasteiger partial charge in [-0.1, -0.05) is 46.4 Å². The summed E-state index contributed by atoms with van der Waals surface area (Å²) in [6.45, 7) is 8.24. The third kappa shape index (κ3) is 4.75. The maximum absolute atomic E-state index is 15.9. The second kappa shape index (κ2) is 11.0. The van der Waals surface area contributed by atoms with E-state index in [4.69, 9.17) is 9.47 Å². The molecule has 0 spiro atoms. The Bertz CT molecular complexity index is 1000. The van der Waals surface area contributed by atoms with Crippen molar-refractivity contribution in [1.29, 1.82) is 0 Å². The van der Waals surface area contributed by atoms with Gasteiger partial charge < -0.3 is 9.47 Å². The smallest absolute Gasteiger partial charge is 0.131 e. The first kappa shape index (κ1) is 25.5. The third-order valence-corrected chi connectivity index (χ3v) is 11.7. The van der Waals surface area contributed by atoms with Gasteiger partial charge >= 0.3 is 0 Å². The van der Waals surface area contributed by atoms with Crippen LogP contribution in [0.2, 0.25) is 0 Å². The molecule has 0 amide bonds. The zero-order chi connectivity index (χ0) is 24.4. The molecule has 0 aliphatic heterocycles. The summed E-state index contributed by atoms with van der Waals surface area (Å²) in [4.78, 5) is 0. The second-order valence-corrected chi connectivity index (χ2v) is 13.2. The molecule has 34 heavy (non-hydrogen) atoms. The van der Waals surface area contributed by atoms with E-state index in [0.29, 0.717) is 5.56 Å². The lowest BCUT2D eigenvalue weighted by Crippen LogP contribution is -2.28. The molecule has 2 aliphatic carbocycles. The summed E-state index contributed by atoms with van der Waals surface area (Å²) in [7, 11) is 3.04. The Morgan fingerprint density at radius 1 is 0.676 bits per heavy atom. The molecule has 4 heteroatoms. The molecule has 0 heterocycles. The first-order valence-corrected chi connectivity index (χ1v) is 14.7. The largest absolute Gasteiger partial charge is 0.496 e. The molecule has 0 unspecified atom stereocenters. The van der Waals surface area contributed by atoms with Gasteiger partial charge in [0.1, 0.15) is 17.3 Å². The van der Waals surface area contributed by atoms with E-state index in [1.54, 1.807) is 20.3 Å². The Labute approximate surface area is 207 Å². The van der Waals surface area contributed by atoms with E-state index in [0.717, 1.165) is 45.1 Å². The predicted molar refractivity (Wildman–Crippen MR) is 144 cm³/mol. The fourth-order valence-corrected chi connectivity index (χ4v) is 10.8. The molecule has 2 nitrogen and oxygen atoms in total. The molecular weight excluding hydrogens is 442 g/mol. The summed E-state index contributed by atoms with van der Waals surface area (Å²) >= 11 is 0. The molecule has 0 atom stereocenters. The Morgan fingerprint density at radius 2 is 1.12 bits per heavy atom. The third-order valence-electron chi connectivity index (χ3n) is 8.21. The van der Waals surface area contributed by atoms with Gasteiger partial charge in [-0.25, -0.2) is 4.39 Å².